The zero-order chi connectivity index (χ0) is 15.6. The molecule has 2 rings (SSSR count). The number of nitrogens with zero attached hydrogens (tertiary/aromatic N) is 2. The van der Waals surface area contributed by atoms with Gasteiger partial charge in [0.05, 0.1) is 16.7 Å². The maximum absolute atomic E-state index is 13.7. The first-order valence-electron chi connectivity index (χ1n) is 6.92. The Balaban J connectivity index is 2.37. The molecule has 1 aromatic rings. The second-order valence-electron chi connectivity index (χ2n) is 5.17. The summed E-state index contributed by atoms with van der Waals surface area (Å²) in [7, 11) is 1.50. The molecule has 1 amide bonds. The monoisotopic (exact) mass is 295 g/mol. The fourth-order valence-corrected chi connectivity index (χ4v) is 2.60. The summed E-state index contributed by atoms with van der Waals surface area (Å²) in [6, 6.07) is 2.02. The van der Waals surface area contributed by atoms with Gasteiger partial charge in [-0.3, -0.25) is 14.9 Å². The maximum atomic E-state index is 13.7. The Morgan fingerprint density at radius 1 is 1.57 bits per heavy atom. The van der Waals surface area contributed by atoms with Crippen LogP contribution in [-0.2, 0) is 0 Å². The van der Waals surface area contributed by atoms with Crippen molar-refractivity contribution < 1.29 is 14.1 Å². The van der Waals surface area contributed by atoms with Crippen LogP contribution in [-0.4, -0.2) is 35.9 Å². The minimum atomic E-state index is -0.742. The SMILES string of the molecule is CCC1CCN(C(=O)c2cc(NC)c(F)cc2[N+](=O)[O-])C1. The van der Waals surface area contributed by atoms with E-state index in [1.54, 1.807) is 4.90 Å². The lowest BCUT2D eigenvalue weighted by molar-refractivity contribution is -0.385. The molecular weight excluding hydrogens is 277 g/mol. The predicted octanol–water partition coefficient (Wildman–Crippen LogP) is 2.65. The standard InChI is InChI=1S/C14H18FN3O3/c1-3-9-4-5-17(8-9)14(19)10-6-12(16-2)11(15)7-13(10)18(20)21/h6-7,9,16H,3-5,8H2,1-2H3. The Kier molecular flexibility index (Phi) is 4.40. The Morgan fingerprint density at radius 2 is 2.29 bits per heavy atom. The molecule has 1 unspecified atom stereocenters. The Morgan fingerprint density at radius 3 is 2.81 bits per heavy atom. The normalized spacial score (nSPS) is 17.9. The third kappa shape index (κ3) is 2.96. The van der Waals surface area contributed by atoms with Crippen molar-refractivity contribution in [3.8, 4) is 0 Å². The van der Waals surface area contributed by atoms with E-state index in [1.807, 2.05) is 0 Å². The molecule has 1 heterocycles. The molecule has 1 N–H and O–H groups in total. The third-order valence-corrected chi connectivity index (χ3v) is 3.93. The van der Waals surface area contributed by atoms with Crippen LogP contribution in [0.4, 0.5) is 15.8 Å². The number of nitro benzene ring substituents is 1. The van der Waals surface area contributed by atoms with E-state index in [4.69, 9.17) is 0 Å². The number of hydrogen-bond donors (Lipinski definition) is 1. The number of nitrogens with one attached hydrogen (secondary N) is 1. The van der Waals surface area contributed by atoms with Crippen LogP contribution >= 0.6 is 0 Å². The maximum Gasteiger partial charge on any atom is 0.285 e. The number of carbonyl (C=O) groups excluding carboxylic acids is 1. The van der Waals surface area contributed by atoms with Gasteiger partial charge in [0.25, 0.3) is 11.6 Å². The lowest BCUT2D eigenvalue weighted by Crippen LogP contribution is -2.29. The molecule has 1 aromatic carbocycles. The zero-order valence-corrected chi connectivity index (χ0v) is 12.1. The lowest BCUT2D eigenvalue weighted by atomic mass is 10.1. The molecule has 0 bridgehead atoms. The molecule has 1 fully saturated rings. The van der Waals surface area contributed by atoms with E-state index >= 15 is 0 Å². The van der Waals surface area contributed by atoms with Crippen LogP contribution in [0.25, 0.3) is 0 Å². The number of rotatable bonds is 4. The van der Waals surface area contributed by atoms with Crippen molar-refractivity contribution in [2.45, 2.75) is 19.8 Å². The Hall–Kier alpha value is -2.18. The highest BCUT2D eigenvalue weighted by Crippen LogP contribution is 2.29. The van der Waals surface area contributed by atoms with E-state index in [0.29, 0.717) is 19.0 Å². The summed E-state index contributed by atoms with van der Waals surface area (Å²) < 4.78 is 13.7. The molecular formula is C14H18FN3O3. The van der Waals surface area contributed by atoms with Gasteiger partial charge in [0.1, 0.15) is 5.56 Å². The van der Waals surface area contributed by atoms with E-state index in [2.05, 4.69) is 12.2 Å². The smallest absolute Gasteiger partial charge is 0.285 e. The van der Waals surface area contributed by atoms with Gasteiger partial charge in [-0.25, -0.2) is 4.39 Å². The number of carbonyl (C=O) groups is 1. The molecule has 0 radical (unpaired) electrons. The van der Waals surface area contributed by atoms with Crippen molar-refractivity contribution in [2.24, 2.45) is 5.92 Å². The van der Waals surface area contributed by atoms with Gasteiger partial charge in [-0.2, -0.15) is 0 Å². The fraction of sp³-hybridized carbons (Fsp3) is 0.500. The van der Waals surface area contributed by atoms with Gasteiger partial charge in [0, 0.05) is 20.1 Å². The Bertz CT molecular complexity index is 577. The van der Waals surface area contributed by atoms with Gasteiger partial charge in [0.15, 0.2) is 5.82 Å². The summed E-state index contributed by atoms with van der Waals surface area (Å²) in [4.78, 5) is 24.4. The molecule has 1 saturated heterocycles. The molecule has 0 spiro atoms. The second-order valence-corrected chi connectivity index (χ2v) is 5.17. The second kappa shape index (κ2) is 6.07. The molecule has 7 heteroatoms. The number of amides is 1. The van der Waals surface area contributed by atoms with E-state index < -0.39 is 22.3 Å². The van der Waals surface area contributed by atoms with Crippen LogP contribution < -0.4 is 5.32 Å². The highest BCUT2D eigenvalue weighted by atomic mass is 19.1. The summed E-state index contributed by atoms with van der Waals surface area (Å²) in [5.74, 6) is -0.722. The molecule has 1 aliphatic heterocycles. The number of nitro groups is 1. The van der Waals surface area contributed by atoms with E-state index in [9.17, 15) is 19.3 Å². The van der Waals surface area contributed by atoms with Crippen molar-refractivity contribution in [3.63, 3.8) is 0 Å². The predicted molar refractivity (Wildman–Crippen MR) is 76.9 cm³/mol. The highest BCUT2D eigenvalue weighted by Gasteiger charge is 2.31. The molecule has 114 valence electrons. The van der Waals surface area contributed by atoms with Crippen LogP contribution in [0.2, 0.25) is 0 Å². The van der Waals surface area contributed by atoms with Crippen LogP contribution in [0.5, 0.6) is 0 Å². The fourth-order valence-electron chi connectivity index (χ4n) is 2.60. The molecule has 6 nitrogen and oxygen atoms in total. The molecule has 0 saturated carbocycles. The largest absolute Gasteiger partial charge is 0.386 e. The summed E-state index contributed by atoms with van der Waals surface area (Å²) in [6.45, 7) is 3.23. The zero-order valence-electron chi connectivity index (χ0n) is 12.1. The molecule has 0 aliphatic carbocycles. The van der Waals surface area contributed by atoms with Gasteiger partial charge >= 0.3 is 0 Å². The summed E-state index contributed by atoms with van der Waals surface area (Å²) >= 11 is 0. The van der Waals surface area contributed by atoms with Gasteiger partial charge in [-0.05, 0) is 18.4 Å². The number of benzene rings is 1. The lowest BCUT2D eigenvalue weighted by Gasteiger charge is -2.17. The van der Waals surface area contributed by atoms with Crippen LogP contribution in [0.1, 0.15) is 30.1 Å². The quantitative estimate of drug-likeness (QED) is 0.684. The number of halogens is 1. The van der Waals surface area contributed by atoms with E-state index in [1.165, 1.54) is 13.1 Å². The molecule has 0 aromatic heterocycles. The van der Waals surface area contributed by atoms with Gasteiger partial charge in [0.2, 0.25) is 0 Å². The van der Waals surface area contributed by atoms with E-state index in [-0.39, 0.29) is 11.3 Å². The number of likely N-dealkylation sites (tertiary alicyclic amines) is 1. The van der Waals surface area contributed by atoms with Crippen molar-refractivity contribution in [3.05, 3.63) is 33.6 Å². The van der Waals surface area contributed by atoms with Gasteiger partial charge < -0.3 is 10.2 Å². The molecule has 1 aliphatic rings. The minimum Gasteiger partial charge on any atom is -0.386 e. The minimum absolute atomic E-state index is 0.0671. The highest BCUT2D eigenvalue weighted by molar-refractivity contribution is 5.99. The first-order chi connectivity index (χ1) is 9.97. The molecule has 21 heavy (non-hydrogen) atoms. The van der Waals surface area contributed by atoms with Crippen molar-refractivity contribution in [1.29, 1.82) is 0 Å². The van der Waals surface area contributed by atoms with Crippen molar-refractivity contribution in [2.75, 3.05) is 25.5 Å². The van der Waals surface area contributed by atoms with Crippen LogP contribution in [0.15, 0.2) is 12.1 Å². The van der Waals surface area contributed by atoms with Crippen LogP contribution in [0.3, 0.4) is 0 Å². The third-order valence-electron chi connectivity index (χ3n) is 3.93. The average molecular weight is 295 g/mol. The summed E-state index contributed by atoms with van der Waals surface area (Å²) in [5.41, 5.74) is -0.478. The van der Waals surface area contributed by atoms with Crippen molar-refractivity contribution >= 4 is 17.3 Å². The number of hydrogen-bond acceptors (Lipinski definition) is 4. The van der Waals surface area contributed by atoms with Gasteiger partial charge in [-0.1, -0.05) is 13.3 Å². The number of anilines is 1. The average Bonchev–Trinajstić information content (AvgIpc) is 2.95. The summed E-state index contributed by atoms with van der Waals surface area (Å²) in [6.07, 6.45) is 1.87. The first kappa shape index (κ1) is 15.2. The first-order valence-corrected chi connectivity index (χ1v) is 6.92. The van der Waals surface area contributed by atoms with Crippen LogP contribution in [0, 0.1) is 21.8 Å². The van der Waals surface area contributed by atoms with E-state index in [0.717, 1.165) is 18.9 Å². The summed E-state index contributed by atoms with van der Waals surface area (Å²) in [5, 5.41) is 13.7. The van der Waals surface area contributed by atoms with Crippen molar-refractivity contribution in [1.82, 2.24) is 4.90 Å². The van der Waals surface area contributed by atoms with Gasteiger partial charge in [-0.15, -0.1) is 0 Å². The Labute approximate surface area is 122 Å². The topological polar surface area (TPSA) is 75.5 Å². The molecule has 1 atom stereocenters.